The van der Waals surface area contributed by atoms with E-state index < -0.39 is 5.97 Å². The first-order chi connectivity index (χ1) is 6.15. The minimum absolute atomic E-state index is 0.130. The average molecular weight is 184 g/mol. The van der Waals surface area contributed by atoms with Gasteiger partial charge in [-0.1, -0.05) is 6.08 Å². The molecule has 0 saturated heterocycles. The van der Waals surface area contributed by atoms with Crippen molar-refractivity contribution in [3.05, 3.63) is 12.7 Å². The van der Waals surface area contributed by atoms with Gasteiger partial charge in [-0.2, -0.15) is 0 Å². The van der Waals surface area contributed by atoms with Crippen LogP contribution in [-0.4, -0.2) is 22.3 Å². The molecule has 0 radical (unpaired) electrons. The first-order valence-corrected chi connectivity index (χ1v) is 4.67. The number of carboxylic acids is 1. The van der Waals surface area contributed by atoms with Gasteiger partial charge in [0.05, 0.1) is 12.0 Å². The number of aliphatic carboxylic acids is 1. The maximum Gasteiger partial charge on any atom is 0.307 e. The lowest BCUT2D eigenvalue weighted by atomic mass is 9.88. The van der Waals surface area contributed by atoms with Crippen LogP contribution in [0.2, 0.25) is 0 Å². The van der Waals surface area contributed by atoms with Crippen LogP contribution < -0.4 is 0 Å². The van der Waals surface area contributed by atoms with E-state index in [4.69, 9.17) is 5.11 Å². The maximum atomic E-state index is 10.9. The quantitative estimate of drug-likeness (QED) is 0.650. The minimum Gasteiger partial charge on any atom is -0.481 e. The van der Waals surface area contributed by atoms with E-state index >= 15 is 0 Å². The molecule has 1 saturated carbocycles. The fourth-order valence-electron chi connectivity index (χ4n) is 2.03. The van der Waals surface area contributed by atoms with Crippen LogP contribution in [0.3, 0.4) is 0 Å². The second kappa shape index (κ2) is 4.42. The third-order valence-corrected chi connectivity index (χ3v) is 2.75. The van der Waals surface area contributed by atoms with E-state index in [-0.39, 0.29) is 17.9 Å². The highest BCUT2D eigenvalue weighted by atomic mass is 16.4. The Kier molecular flexibility index (Phi) is 3.48. The van der Waals surface area contributed by atoms with Gasteiger partial charge in [-0.3, -0.25) is 4.79 Å². The second-order valence-electron chi connectivity index (χ2n) is 3.70. The lowest BCUT2D eigenvalue weighted by molar-refractivity contribution is -0.143. The van der Waals surface area contributed by atoms with Gasteiger partial charge in [-0.25, -0.2) is 0 Å². The van der Waals surface area contributed by atoms with Crippen molar-refractivity contribution in [2.75, 3.05) is 0 Å². The van der Waals surface area contributed by atoms with Crippen LogP contribution in [0.15, 0.2) is 12.7 Å². The Morgan fingerprint density at radius 2 is 2.31 bits per heavy atom. The molecule has 1 rings (SSSR count). The average Bonchev–Trinajstić information content (AvgIpc) is 2.46. The van der Waals surface area contributed by atoms with Gasteiger partial charge in [0.1, 0.15) is 0 Å². The fourth-order valence-corrected chi connectivity index (χ4v) is 2.03. The lowest BCUT2D eigenvalue weighted by Gasteiger charge is -2.17. The molecule has 0 spiro atoms. The van der Waals surface area contributed by atoms with E-state index in [1.165, 1.54) is 0 Å². The summed E-state index contributed by atoms with van der Waals surface area (Å²) in [6, 6.07) is 0. The summed E-state index contributed by atoms with van der Waals surface area (Å²) in [5.74, 6) is -0.987. The second-order valence-corrected chi connectivity index (χ2v) is 3.70. The highest BCUT2D eigenvalue weighted by molar-refractivity contribution is 5.70. The van der Waals surface area contributed by atoms with E-state index in [9.17, 15) is 9.90 Å². The smallest absolute Gasteiger partial charge is 0.307 e. The van der Waals surface area contributed by atoms with E-state index in [1.807, 2.05) is 0 Å². The van der Waals surface area contributed by atoms with Crippen molar-refractivity contribution >= 4 is 5.97 Å². The van der Waals surface area contributed by atoms with Crippen LogP contribution in [-0.2, 0) is 4.79 Å². The fraction of sp³-hybridized carbons (Fsp3) is 0.700. The predicted molar refractivity (Wildman–Crippen MR) is 49.3 cm³/mol. The van der Waals surface area contributed by atoms with Crippen molar-refractivity contribution in [3.8, 4) is 0 Å². The van der Waals surface area contributed by atoms with Gasteiger partial charge in [-0.15, -0.1) is 6.58 Å². The van der Waals surface area contributed by atoms with Crippen LogP contribution in [0.25, 0.3) is 0 Å². The molecule has 0 bridgehead atoms. The third-order valence-electron chi connectivity index (χ3n) is 2.75. The van der Waals surface area contributed by atoms with Crippen LogP contribution in [0.5, 0.6) is 0 Å². The number of hydrogen-bond acceptors (Lipinski definition) is 2. The Balaban J connectivity index is 2.54. The number of aliphatic hydroxyl groups excluding tert-OH is 1. The van der Waals surface area contributed by atoms with E-state index in [2.05, 4.69) is 6.58 Å². The number of rotatable bonds is 4. The molecule has 1 aliphatic rings. The Hall–Kier alpha value is -0.830. The molecular weight excluding hydrogens is 168 g/mol. The summed E-state index contributed by atoms with van der Waals surface area (Å²) in [7, 11) is 0. The number of hydrogen-bond donors (Lipinski definition) is 2. The minimum atomic E-state index is -0.765. The molecule has 3 atom stereocenters. The largest absolute Gasteiger partial charge is 0.481 e. The molecule has 1 aliphatic carbocycles. The van der Waals surface area contributed by atoms with Crippen molar-refractivity contribution in [2.45, 2.75) is 31.8 Å². The Labute approximate surface area is 78.1 Å². The van der Waals surface area contributed by atoms with Crippen molar-refractivity contribution in [1.82, 2.24) is 0 Å². The van der Waals surface area contributed by atoms with Gasteiger partial charge in [0, 0.05) is 0 Å². The normalized spacial score (nSPS) is 29.9. The molecule has 0 heterocycles. The summed E-state index contributed by atoms with van der Waals surface area (Å²) in [4.78, 5) is 10.9. The number of carboxylic acid groups (broad SMARTS) is 1. The molecular formula is C10H16O3. The number of aliphatic hydroxyl groups is 1. The van der Waals surface area contributed by atoms with Crippen molar-refractivity contribution in [1.29, 1.82) is 0 Å². The monoisotopic (exact) mass is 184 g/mol. The highest BCUT2D eigenvalue weighted by Crippen LogP contribution is 2.33. The summed E-state index contributed by atoms with van der Waals surface area (Å²) in [5, 5.41) is 18.2. The predicted octanol–water partition coefficient (Wildman–Crippen LogP) is 1.42. The van der Waals surface area contributed by atoms with Gasteiger partial charge in [-0.05, 0) is 31.6 Å². The molecule has 2 N–H and O–H groups in total. The maximum absolute atomic E-state index is 10.9. The molecule has 0 aromatic rings. The molecule has 13 heavy (non-hydrogen) atoms. The highest BCUT2D eigenvalue weighted by Gasteiger charge is 2.33. The van der Waals surface area contributed by atoms with E-state index in [0.29, 0.717) is 12.8 Å². The number of carbonyl (C=O) groups is 1. The topological polar surface area (TPSA) is 57.5 Å². The van der Waals surface area contributed by atoms with Crippen LogP contribution in [0.1, 0.15) is 25.7 Å². The van der Waals surface area contributed by atoms with Crippen molar-refractivity contribution in [2.24, 2.45) is 11.8 Å². The Bertz CT molecular complexity index is 200. The number of allylic oxidation sites excluding steroid dienone is 1. The first-order valence-electron chi connectivity index (χ1n) is 4.67. The molecule has 0 amide bonds. The molecule has 0 aromatic heterocycles. The SMILES string of the molecule is C=CCC(C(=O)O)C1CCC(O)C1. The van der Waals surface area contributed by atoms with Crippen molar-refractivity contribution in [3.63, 3.8) is 0 Å². The Morgan fingerprint density at radius 1 is 1.62 bits per heavy atom. The van der Waals surface area contributed by atoms with Crippen LogP contribution in [0, 0.1) is 11.8 Å². The van der Waals surface area contributed by atoms with Gasteiger partial charge < -0.3 is 10.2 Å². The first kappa shape index (κ1) is 10.3. The van der Waals surface area contributed by atoms with Gasteiger partial charge >= 0.3 is 5.97 Å². The van der Waals surface area contributed by atoms with Crippen LogP contribution in [0.4, 0.5) is 0 Å². The molecule has 3 nitrogen and oxygen atoms in total. The lowest BCUT2D eigenvalue weighted by Crippen LogP contribution is -2.21. The van der Waals surface area contributed by atoms with Gasteiger partial charge in [0.15, 0.2) is 0 Å². The van der Waals surface area contributed by atoms with Crippen LogP contribution >= 0.6 is 0 Å². The summed E-state index contributed by atoms with van der Waals surface area (Å²) in [6.45, 7) is 3.55. The zero-order valence-electron chi connectivity index (χ0n) is 7.65. The zero-order chi connectivity index (χ0) is 9.84. The molecule has 3 unspecified atom stereocenters. The standard InChI is InChI=1S/C10H16O3/c1-2-3-9(10(12)13)7-4-5-8(11)6-7/h2,7-9,11H,1,3-6H2,(H,12,13). The Morgan fingerprint density at radius 3 is 2.69 bits per heavy atom. The molecule has 0 aliphatic heterocycles. The molecule has 74 valence electrons. The third kappa shape index (κ3) is 2.56. The van der Waals surface area contributed by atoms with E-state index in [0.717, 1.165) is 12.8 Å². The summed E-state index contributed by atoms with van der Waals surface area (Å²) in [6.07, 6.45) is 4.05. The summed E-state index contributed by atoms with van der Waals surface area (Å²) in [5.41, 5.74) is 0. The molecule has 0 aromatic carbocycles. The summed E-state index contributed by atoms with van der Waals surface area (Å²) >= 11 is 0. The van der Waals surface area contributed by atoms with Crippen molar-refractivity contribution < 1.29 is 15.0 Å². The zero-order valence-corrected chi connectivity index (χ0v) is 7.65. The van der Waals surface area contributed by atoms with E-state index in [1.54, 1.807) is 6.08 Å². The van der Waals surface area contributed by atoms with Gasteiger partial charge in [0.25, 0.3) is 0 Å². The molecule has 3 heteroatoms. The van der Waals surface area contributed by atoms with Gasteiger partial charge in [0.2, 0.25) is 0 Å². The molecule has 1 fully saturated rings. The summed E-state index contributed by atoms with van der Waals surface area (Å²) < 4.78 is 0.